The fraction of sp³-hybridized carbons (Fsp3) is 0.455. The van der Waals surface area contributed by atoms with Crippen molar-refractivity contribution in [2.75, 3.05) is 28.4 Å². The molecular formula is C44H57O7P. The van der Waals surface area contributed by atoms with Crippen molar-refractivity contribution in [2.45, 2.75) is 105 Å². The van der Waals surface area contributed by atoms with Gasteiger partial charge in [-0.2, -0.15) is 0 Å². The zero-order valence-corrected chi connectivity index (χ0v) is 34.9. The van der Waals surface area contributed by atoms with Gasteiger partial charge in [0.1, 0.15) is 39.9 Å². The maximum Gasteiger partial charge on any atom is 0.453 e. The minimum Gasteiger partial charge on any atom is -0.497 e. The minimum atomic E-state index is -2.08. The predicted molar refractivity (Wildman–Crippen MR) is 215 cm³/mol. The zero-order valence-electron chi connectivity index (χ0n) is 34.0. The Kier molecular flexibility index (Phi) is 10.5. The number of rotatable bonds is 7. The van der Waals surface area contributed by atoms with E-state index in [1.807, 2.05) is 36.4 Å². The third-order valence-corrected chi connectivity index (χ3v) is 10.4. The van der Waals surface area contributed by atoms with Gasteiger partial charge in [-0.25, -0.2) is 0 Å². The Bertz CT molecular complexity index is 2070. The molecule has 0 fully saturated rings. The summed E-state index contributed by atoms with van der Waals surface area (Å²) in [6.45, 7) is 26.1. The van der Waals surface area contributed by atoms with Gasteiger partial charge in [0, 0.05) is 33.0 Å². The SMILES string of the molecule is COc1cc(-c2cc(OC)cc(C(C)(C)C)c2Op2oc3c(C(C)(C)C)cc(OC)cc3c3cc(OC)cc(C(C)(C)C)c3o2)cc(C(C)(C)C)c1. The molecule has 0 aliphatic carbocycles. The van der Waals surface area contributed by atoms with Gasteiger partial charge in [0.05, 0.1) is 28.4 Å². The molecule has 0 aliphatic heterocycles. The van der Waals surface area contributed by atoms with Crippen molar-refractivity contribution in [1.82, 2.24) is 0 Å². The molecule has 0 unspecified atom stereocenters. The lowest BCUT2D eigenvalue weighted by molar-refractivity contribution is 0.409. The first-order chi connectivity index (χ1) is 24.1. The van der Waals surface area contributed by atoms with Gasteiger partial charge < -0.3 is 31.9 Å². The molecule has 0 radical (unpaired) electrons. The molecule has 5 aromatic rings. The summed E-state index contributed by atoms with van der Waals surface area (Å²) >= 11 is 0. The van der Waals surface area contributed by atoms with Gasteiger partial charge in [-0.1, -0.05) is 89.2 Å². The van der Waals surface area contributed by atoms with Crippen LogP contribution in [0.4, 0.5) is 0 Å². The van der Waals surface area contributed by atoms with Crippen LogP contribution in [-0.4, -0.2) is 28.4 Å². The molecule has 0 amide bonds. The summed E-state index contributed by atoms with van der Waals surface area (Å²) in [6.07, 6.45) is 0. The third-order valence-electron chi connectivity index (χ3n) is 9.43. The van der Waals surface area contributed by atoms with E-state index in [1.165, 1.54) is 0 Å². The second-order valence-electron chi connectivity index (χ2n) is 17.6. The molecule has 0 saturated heterocycles. The number of fused-ring (bicyclic) bond motifs is 3. The molecule has 0 N–H and O–H groups in total. The van der Waals surface area contributed by atoms with Crippen LogP contribution in [0.2, 0.25) is 0 Å². The average Bonchev–Trinajstić information content (AvgIpc) is 3.21. The van der Waals surface area contributed by atoms with Gasteiger partial charge in [0.2, 0.25) is 0 Å². The van der Waals surface area contributed by atoms with E-state index in [9.17, 15) is 0 Å². The van der Waals surface area contributed by atoms with Gasteiger partial charge in [0.25, 0.3) is 0 Å². The third kappa shape index (κ3) is 7.90. The normalized spacial score (nSPS) is 12.6. The maximum atomic E-state index is 7.20. The Balaban J connectivity index is 1.99. The predicted octanol–water partition coefficient (Wildman–Crippen LogP) is 13.0. The van der Waals surface area contributed by atoms with Crippen LogP contribution in [0, 0.1) is 0 Å². The van der Waals surface area contributed by atoms with Crippen LogP contribution in [0.25, 0.3) is 33.1 Å². The quantitative estimate of drug-likeness (QED) is 0.165. The first-order valence-electron chi connectivity index (χ1n) is 17.8. The molecule has 0 atom stereocenters. The molecule has 52 heavy (non-hydrogen) atoms. The highest BCUT2D eigenvalue weighted by atomic mass is 31.1. The van der Waals surface area contributed by atoms with Gasteiger partial charge in [-0.05, 0) is 81.3 Å². The molecule has 0 spiro atoms. The lowest BCUT2D eigenvalue weighted by atomic mass is 9.82. The van der Waals surface area contributed by atoms with Crippen LogP contribution >= 0.6 is 8.24 Å². The molecule has 0 aliphatic rings. The second kappa shape index (κ2) is 14.0. The molecule has 280 valence electrons. The Hall–Kier alpha value is -4.22. The summed E-state index contributed by atoms with van der Waals surface area (Å²) in [5.41, 5.74) is 6.14. The highest BCUT2D eigenvalue weighted by Crippen LogP contribution is 2.50. The van der Waals surface area contributed by atoms with Crippen LogP contribution in [-0.2, 0) is 21.7 Å². The smallest absolute Gasteiger partial charge is 0.453 e. The topological polar surface area (TPSA) is 72.4 Å². The van der Waals surface area contributed by atoms with E-state index in [1.54, 1.807) is 28.4 Å². The van der Waals surface area contributed by atoms with E-state index in [-0.39, 0.29) is 21.7 Å². The van der Waals surface area contributed by atoms with E-state index in [0.29, 0.717) is 16.9 Å². The number of hydrogen-bond donors (Lipinski definition) is 0. The Morgan fingerprint density at radius 2 is 0.846 bits per heavy atom. The molecule has 1 aromatic heterocycles. The maximum absolute atomic E-state index is 7.20. The fourth-order valence-electron chi connectivity index (χ4n) is 6.33. The Labute approximate surface area is 311 Å². The average molecular weight is 729 g/mol. The number of ether oxygens (including phenoxy) is 4. The second-order valence-corrected chi connectivity index (χ2v) is 18.6. The first kappa shape index (κ1) is 39.0. The summed E-state index contributed by atoms with van der Waals surface area (Å²) in [7, 11) is 4.69. The summed E-state index contributed by atoms with van der Waals surface area (Å²) in [6, 6.07) is 18.5. The lowest BCUT2D eigenvalue weighted by Crippen LogP contribution is -2.14. The van der Waals surface area contributed by atoms with Gasteiger partial charge in [-0.3, -0.25) is 0 Å². The number of benzene rings is 4. The van der Waals surface area contributed by atoms with Crippen molar-refractivity contribution >= 4 is 30.2 Å². The van der Waals surface area contributed by atoms with E-state index >= 15 is 0 Å². The molecule has 0 bridgehead atoms. The highest BCUT2D eigenvalue weighted by Gasteiger charge is 2.30. The molecule has 1 heterocycles. The Morgan fingerprint density at radius 1 is 0.442 bits per heavy atom. The minimum absolute atomic E-state index is 0.129. The lowest BCUT2D eigenvalue weighted by Gasteiger charge is -2.26. The number of methoxy groups -OCH3 is 4. The zero-order chi connectivity index (χ0) is 38.6. The monoisotopic (exact) mass is 728 g/mol. The summed E-state index contributed by atoms with van der Waals surface area (Å²) in [5, 5.41) is 1.71. The fourth-order valence-corrected chi connectivity index (χ4v) is 7.48. The van der Waals surface area contributed by atoms with Crippen molar-refractivity contribution in [3.05, 3.63) is 76.9 Å². The van der Waals surface area contributed by atoms with E-state index in [0.717, 1.165) is 67.2 Å². The molecule has 5 rings (SSSR count). The van der Waals surface area contributed by atoms with Crippen molar-refractivity contribution in [1.29, 1.82) is 0 Å². The van der Waals surface area contributed by atoms with Gasteiger partial charge in [0.15, 0.2) is 0 Å². The molecule has 7 nitrogen and oxygen atoms in total. The van der Waals surface area contributed by atoms with Crippen LogP contribution in [0.15, 0.2) is 63.0 Å². The largest absolute Gasteiger partial charge is 0.497 e. The summed E-state index contributed by atoms with van der Waals surface area (Å²) < 4.78 is 44.8. The van der Waals surface area contributed by atoms with Gasteiger partial charge >= 0.3 is 8.24 Å². The standard InChI is InChI=1S/C44H57O7P/c1-41(2,3)27-17-26(18-28(19-27)45-13)32-20-29(46-14)23-35(42(4,5)6)38(32)49-52-50-39-33(21-30(47-15)24-36(39)43(7,8)9)34-22-31(48-16)25-37(40(34)51-52)44(10,11)12/h17-25H,1-16H3. The van der Waals surface area contributed by atoms with Crippen molar-refractivity contribution < 1.29 is 31.9 Å². The summed E-state index contributed by atoms with van der Waals surface area (Å²) in [4.78, 5) is 0. The molecule has 0 saturated carbocycles. The van der Waals surface area contributed by atoms with Crippen molar-refractivity contribution in [3.63, 3.8) is 0 Å². The van der Waals surface area contributed by atoms with Crippen LogP contribution in [0.1, 0.15) is 105 Å². The summed E-state index contributed by atoms with van der Waals surface area (Å²) in [5.74, 6) is 3.60. The van der Waals surface area contributed by atoms with E-state index in [4.69, 9.17) is 31.9 Å². The van der Waals surface area contributed by atoms with E-state index in [2.05, 4.69) is 101 Å². The van der Waals surface area contributed by atoms with Gasteiger partial charge in [-0.15, -0.1) is 0 Å². The van der Waals surface area contributed by atoms with Crippen molar-refractivity contribution in [3.8, 4) is 39.9 Å². The Morgan fingerprint density at radius 3 is 1.25 bits per heavy atom. The molecule has 8 heteroatoms. The van der Waals surface area contributed by atoms with Crippen LogP contribution in [0.3, 0.4) is 0 Å². The van der Waals surface area contributed by atoms with Crippen LogP contribution < -0.4 is 23.5 Å². The van der Waals surface area contributed by atoms with E-state index < -0.39 is 8.24 Å². The molecule has 4 aromatic carbocycles. The van der Waals surface area contributed by atoms with Crippen molar-refractivity contribution in [2.24, 2.45) is 0 Å². The number of hydrogen-bond acceptors (Lipinski definition) is 7. The highest BCUT2D eigenvalue weighted by molar-refractivity contribution is 7.32. The van der Waals surface area contributed by atoms with Crippen LogP contribution in [0.5, 0.6) is 28.7 Å². The first-order valence-corrected chi connectivity index (χ1v) is 18.9. The molecular weight excluding hydrogens is 671 g/mol.